The molecule has 0 spiro atoms. The molecule has 0 aliphatic carbocycles. The van der Waals surface area contributed by atoms with Crippen LogP contribution in [0.3, 0.4) is 0 Å². The topological polar surface area (TPSA) is 48.4 Å². The zero-order valence-electron chi connectivity index (χ0n) is 16.1. The molecule has 0 saturated carbocycles. The minimum Gasteiger partial charge on any atom is -0.493 e. The number of aliphatic hydroxyl groups is 1. The van der Waals surface area contributed by atoms with Crippen molar-refractivity contribution in [2.75, 3.05) is 67.1 Å². The Bertz CT molecular complexity index is 517. The van der Waals surface area contributed by atoms with Gasteiger partial charge < -0.3 is 24.4 Å². The fourth-order valence-electron chi connectivity index (χ4n) is 3.12. The predicted molar refractivity (Wildman–Crippen MR) is 100 cm³/mol. The second kappa shape index (κ2) is 9.97. The Morgan fingerprint density at radius 3 is 2.40 bits per heavy atom. The van der Waals surface area contributed by atoms with Crippen molar-refractivity contribution in [3.63, 3.8) is 0 Å². The Morgan fingerprint density at radius 1 is 1.12 bits per heavy atom. The van der Waals surface area contributed by atoms with Gasteiger partial charge in [0, 0.05) is 39.3 Å². The lowest BCUT2D eigenvalue weighted by Gasteiger charge is -2.34. The molecule has 1 fully saturated rings. The molecule has 6 nitrogen and oxygen atoms in total. The molecule has 0 bridgehead atoms. The first-order valence-electron chi connectivity index (χ1n) is 9.09. The second-order valence-corrected chi connectivity index (χ2v) is 6.92. The molecule has 0 aromatic heterocycles. The van der Waals surface area contributed by atoms with Gasteiger partial charge in [0.05, 0.1) is 7.11 Å². The van der Waals surface area contributed by atoms with Gasteiger partial charge in [0.15, 0.2) is 11.5 Å². The number of hydrogen-bond acceptors (Lipinski definition) is 6. The maximum atomic E-state index is 10.3. The van der Waals surface area contributed by atoms with E-state index in [1.165, 1.54) is 5.56 Å². The smallest absolute Gasteiger partial charge is 0.161 e. The molecule has 1 heterocycles. The van der Waals surface area contributed by atoms with E-state index in [0.717, 1.165) is 39.3 Å². The zero-order chi connectivity index (χ0) is 18.2. The van der Waals surface area contributed by atoms with Crippen molar-refractivity contribution >= 4 is 0 Å². The van der Waals surface area contributed by atoms with Crippen LogP contribution >= 0.6 is 0 Å². The molecule has 0 radical (unpaired) electrons. The maximum absolute atomic E-state index is 10.3. The summed E-state index contributed by atoms with van der Waals surface area (Å²) in [4.78, 5) is 6.84. The number of β-amino-alcohol motifs (C(OH)–C–C–N with tert-alkyl or cyclic N) is 1. The Hall–Kier alpha value is -1.34. The molecular formula is C19H33N3O3. The van der Waals surface area contributed by atoms with Crippen molar-refractivity contribution in [2.24, 2.45) is 0 Å². The van der Waals surface area contributed by atoms with Gasteiger partial charge in [0.1, 0.15) is 12.7 Å². The molecule has 1 aliphatic rings. The molecule has 1 aromatic rings. The summed E-state index contributed by atoms with van der Waals surface area (Å²) >= 11 is 0. The number of benzene rings is 1. The molecule has 1 saturated heterocycles. The van der Waals surface area contributed by atoms with E-state index in [9.17, 15) is 5.11 Å². The summed E-state index contributed by atoms with van der Waals surface area (Å²) in [7, 11) is 5.71. The highest BCUT2D eigenvalue weighted by Gasteiger charge is 2.19. The highest BCUT2D eigenvalue weighted by molar-refractivity contribution is 5.43. The second-order valence-electron chi connectivity index (χ2n) is 6.92. The fraction of sp³-hybridized carbons (Fsp3) is 0.684. The molecule has 1 atom stereocenters. The summed E-state index contributed by atoms with van der Waals surface area (Å²) in [6.45, 7) is 9.23. The van der Waals surface area contributed by atoms with Gasteiger partial charge in [-0.25, -0.2) is 0 Å². The van der Waals surface area contributed by atoms with Gasteiger partial charge in [-0.2, -0.15) is 0 Å². The van der Waals surface area contributed by atoms with Crippen molar-refractivity contribution in [2.45, 2.75) is 19.6 Å². The number of likely N-dealkylation sites (N-methyl/N-ethyl adjacent to an activating group) is 1. The van der Waals surface area contributed by atoms with Gasteiger partial charge in [0.2, 0.25) is 0 Å². The number of ether oxygens (including phenoxy) is 2. The van der Waals surface area contributed by atoms with Crippen LogP contribution in [0.4, 0.5) is 0 Å². The van der Waals surface area contributed by atoms with Crippen LogP contribution in [0.1, 0.15) is 12.5 Å². The summed E-state index contributed by atoms with van der Waals surface area (Å²) in [6.07, 6.45) is -0.501. The molecule has 2 rings (SSSR count). The van der Waals surface area contributed by atoms with Gasteiger partial charge >= 0.3 is 0 Å². The molecule has 25 heavy (non-hydrogen) atoms. The molecule has 1 N–H and O–H groups in total. The number of rotatable bonds is 9. The number of aliphatic hydroxyl groups excluding tert-OH is 1. The third-order valence-electron chi connectivity index (χ3n) is 4.54. The minimum absolute atomic E-state index is 0.275. The third-order valence-corrected chi connectivity index (χ3v) is 4.54. The van der Waals surface area contributed by atoms with Gasteiger partial charge in [-0.05, 0) is 38.3 Å². The highest BCUT2D eigenvalue weighted by atomic mass is 16.5. The quantitative estimate of drug-likeness (QED) is 0.720. The summed E-state index contributed by atoms with van der Waals surface area (Å²) in [5.74, 6) is 1.39. The van der Waals surface area contributed by atoms with E-state index in [4.69, 9.17) is 9.47 Å². The van der Waals surface area contributed by atoms with E-state index in [1.54, 1.807) is 7.11 Å². The molecule has 0 amide bonds. The molecular weight excluding hydrogens is 318 g/mol. The summed E-state index contributed by atoms with van der Waals surface area (Å²) in [5.41, 5.74) is 1.17. The highest BCUT2D eigenvalue weighted by Crippen LogP contribution is 2.28. The van der Waals surface area contributed by atoms with Crippen LogP contribution in [-0.4, -0.2) is 93.0 Å². The summed E-state index contributed by atoms with van der Waals surface area (Å²) < 4.78 is 11.2. The van der Waals surface area contributed by atoms with Crippen LogP contribution < -0.4 is 9.47 Å². The Kier molecular flexibility index (Phi) is 7.96. The first-order valence-corrected chi connectivity index (χ1v) is 9.09. The van der Waals surface area contributed by atoms with Gasteiger partial charge in [0.25, 0.3) is 0 Å². The first kappa shape index (κ1) is 20.0. The van der Waals surface area contributed by atoms with E-state index in [0.29, 0.717) is 18.0 Å². The van der Waals surface area contributed by atoms with E-state index in [2.05, 4.69) is 21.6 Å². The first-order chi connectivity index (χ1) is 12.0. The summed E-state index contributed by atoms with van der Waals surface area (Å²) in [5, 5.41) is 10.3. The third kappa shape index (κ3) is 6.47. The van der Waals surface area contributed by atoms with Gasteiger partial charge in [-0.1, -0.05) is 13.0 Å². The SMILES string of the molecule is CCN1CCN(C[C@@H](O)COc2ccc(CN(C)C)cc2OC)CC1. The lowest BCUT2D eigenvalue weighted by molar-refractivity contribution is 0.0464. The van der Waals surface area contributed by atoms with E-state index in [1.807, 2.05) is 32.3 Å². The molecule has 6 heteroatoms. The van der Waals surface area contributed by atoms with Gasteiger partial charge in [-0.3, -0.25) is 4.90 Å². The van der Waals surface area contributed by atoms with E-state index in [-0.39, 0.29) is 6.61 Å². The van der Waals surface area contributed by atoms with E-state index >= 15 is 0 Å². The minimum atomic E-state index is -0.501. The van der Waals surface area contributed by atoms with Crippen molar-refractivity contribution in [3.8, 4) is 11.5 Å². The van der Waals surface area contributed by atoms with Crippen LogP contribution in [0.25, 0.3) is 0 Å². The van der Waals surface area contributed by atoms with Gasteiger partial charge in [-0.15, -0.1) is 0 Å². The fourth-order valence-corrected chi connectivity index (χ4v) is 3.12. The number of hydrogen-bond donors (Lipinski definition) is 1. The van der Waals surface area contributed by atoms with Crippen LogP contribution in [-0.2, 0) is 6.54 Å². The molecule has 0 unspecified atom stereocenters. The zero-order valence-corrected chi connectivity index (χ0v) is 16.1. The summed E-state index contributed by atoms with van der Waals surface area (Å²) in [6, 6.07) is 5.95. The Labute approximate surface area is 151 Å². The Morgan fingerprint density at radius 2 is 1.80 bits per heavy atom. The normalized spacial score (nSPS) is 17.7. The van der Waals surface area contributed by atoms with Crippen molar-refractivity contribution in [1.82, 2.24) is 14.7 Å². The maximum Gasteiger partial charge on any atom is 0.161 e. The van der Waals surface area contributed by atoms with Crippen molar-refractivity contribution in [1.29, 1.82) is 0 Å². The van der Waals surface area contributed by atoms with Crippen LogP contribution in [0, 0.1) is 0 Å². The Balaban J connectivity index is 1.81. The lowest BCUT2D eigenvalue weighted by Crippen LogP contribution is -2.49. The standard InChI is InChI=1S/C19H33N3O3/c1-5-21-8-10-22(11-9-21)14-17(23)15-25-18-7-6-16(13-20(2)3)12-19(18)24-4/h6-7,12,17,23H,5,8-11,13-15H2,1-4H3/t17-/m1/s1. The largest absolute Gasteiger partial charge is 0.493 e. The average molecular weight is 351 g/mol. The average Bonchev–Trinajstić information content (AvgIpc) is 2.60. The number of nitrogens with zero attached hydrogens (tertiary/aromatic N) is 3. The number of piperazine rings is 1. The molecule has 1 aromatic carbocycles. The van der Waals surface area contributed by atoms with Crippen molar-refractivity contribution < 1.29 is 14.6 Å². The van der Waals surface area contributed by atoms with Crippen LogP contribution in [0.15, 0.2) is 18.2 Å². The lowest BCUT2D eigenvalue weighted by atomic mass is 10.2. The molecule has 1 aliphatic heterocycles. The van der Waals surface area contributed by atoms with Crippen molar-refractivity contribution in [3.05, 3.63) is 23.8 Å². The van der Waals surface area contributed by atoms with Crippen LogP contribution in [0.5, 0.6) is 11.5 Å². The number of methoxy groups -OCH3 is 1. The van der Waals surface area contributed by atoms with Crippen LogP contribution in [0.2, 0.25) is 0 Å². The monoisotopic (exact) mass is 351 g/mol. The van der Waals surface area contributed by atoms with E-state index < -0.39 is 6.10 Å². The predicted octanol–water partition coefficient (Wildman–Crippen LogP) is 1.13. The molecule has 142 valence electrons.